The number of likely N-dealkylation sites (N-methyl/N-ethyl adjacent to an activating group) is 1. The molecule has 4 heteroatoms. The van der Waals surface area contributed by atoms with Gasteiger partial charge in [-0.05, 0) is 37.7 Å². The summed E-state index contributed by atoms with van der Waals surface area (Å²) in [6.07, 6.45) is -0.371. The minimum absolute atomic E-state index is 0.215. The van der Waals surface area contributed by atoms with Gasteiger partial charge in [0, 0.05) is 17.2 Å². The smallest absolute Gasteiger partial charge is 0.123 e. The van der Waals surface area contributed by atoms with Gasteiger partial charge in [-0.2, -0.15) is 0 Å². The van der Waals surface area contributed by atoms with E-state index in [1.807, 2.05) is 6.92 Å². The highest BCUT2D eigenvalue weighted by Crippen LogP contribution is 2.23. The largest absolute Gasteiger partial charge is 0.391 e. The molecule has 2 nitrogen and oxygen atoms in total. The summed E-state index contributed by atoms with van der Waals surface area (Å²) in [6, 6.07) is 4.70. The molecule has 1 unspecified atom stereocenters. The van der Waals surface area contributed by atoms with Crippen LogP contribution in [-0.4, -0.2) is 30.6 Å². The average Bonchev–Trinajstić information content (AvgIpc) is 2.17. The number of benzene rings is 1. The Morgan fingerprint density at radius 2 is 2.27 bits per heavy atom. The van der Waals surface area contributed by atoms with Crippen molar-refractivity contribution in [3.05, 3.63) is 29.6 Å². The van der Waals surface area contributed by atoms with Crippen LogP contribution in [0.3, 0.4) is 0 Å². The van der Waals surface area contributed by atoms with Crippen LogP contribution in [0.15, 0.2) is 23.1 Å². The van der Waals surface area contributed by atoms with Crippen LogP contribution in [0.2, 0.25) is 0 Å². The lowest BCUT2D eigenvalue weighted by atomic mass is 10.2. The van der Waals surface area contributed by atoms with Gasteiger partial charge in [-0.3, -0.25) is 0 Å². The molecule has 0 aromatic heterocycles. The molecule has 0 heterocycles. The van der Waals surface area contributed by atoms with Gasteiger partial charge in [0.2, 0.25) is 0 Å². The first-order valence-corrected chi connectivity index (χ1v) is 5.83. The Labute approximate surface area is 93.9 Å². The fraction of sp³-hybridized carbons (Fsp3) is 0.455. The highest BCUT2D eigenvalue weighted by atomic mass is 32.2. The van der Waals surface area contributed by atoms with Gasteiger partial charge in [0.15, 0.2) is 0 Å². The van der Waals surface area contributed by atoms with Crippen molar-refractivity contribution in [2.24, 2.45) is 0 Å². The van der Waals surface area contributed by atoms with Crippen LogP contribution in [0.4, 0.5) is 4.39 Å². The number of thioether (sulfide) groups is 1. The Hall–Kier alpha value is -0.580. The van der Waals surface area contributed by atoms with Gasteiger partial charge in [0.1, 0.15) is 5.82 Å². The van der Waals surface area contributed by atoms with Crippen molar-refractivity contribution < 1.29 is 9.50 Å². The van der Waals surface area contributed by atoms with Gasteiger partial charge in [-0.25, -0.2) is 4.39 Å². The topological polar surface area (TPSA) is 32.3 Å². The van der Waals surface area contributed by atoms with Crippen molar-refractivity contribution in [1.29, 1.82) is 0 Å². The normalized spacial score (nSPS) is 12.8. The van der Waals surface area contributed by atoms with E-state index >= 15 is 0 Å². The predicted octanol–water partition coefficient (Wildman–Crippen LogP) is 1.81. The van der Waals surface area contributed by atoms with Crippen molar-refractivity contribution in [3.63, 3.8) is 0 Å². The van der Waals surface area contributed by atoms with Gasteiger partial charge in [-0.1, -0.05) is 0 Å². The van der Waals surface area contributed by atoms with Crippen molar-refractivity contribution >= 4 is 11.8 Å². The van der Waals surface area contributed by atoms with Crippen molar-refractivity contribution in [2.75, 3.05) is 19.3 Å². The Kier molecular flexibility index (Phi) is 5.08. The third-order valence-corrected chi connectivity index (χ3v) is 3.33. The fourth-order valence-corrected chi connectivity index (χ4v) is 2.20. The molecule has 0 radical (unpaired) electrons. The average molecular weight is 229 g/mol. The summed E-state index contributed by atoms with van der Waals surface area (Å²) in [5, 5.41) is 12.4. The van der Waals surface area contributed by atoms with Crippen LogP contribution in [0.25, 0.3) is 0 Å². The Morgan fingerprint density at radius 1 is 1.53 bits per heavy atom. The second-order valence-electron chi connectivity index (χ2n) is 3.43. The maximum Gasteiger partial charge on any atom is 0.123 e. The molecule has 1 aromatic rings. The number of hydrogen-bond acceptors (Lipinski definition) is 3. The minimum Gasteiger partial charge on any atom is -0.391 e. The fourth-order valence-electron chi connectivity index (χ4n) is 1.26. The molecular weight excluding hydrogens is 213 g/mol. The summed E-state index contributed by atoms with van der Waals surface area (Å²) in [5.41, 5.74) is 0.914. The molecule has 0 spiro atoms. The summed E-state index contributed by atoms with van der Waals surface area (Å²) in [6.45, 7) is 2.45. The van der Waals surface area contributed by atoms with Crippen molar-refractivity contribution in [2.45, 2.75) is 17.9 Å². The zero-order valence-corrected chi connectivity index (χ0v) is 9.77. The number of aryl methyl sites for hydroxylation is 1. The Balaban J connectivity index is 2.50. The zero-order valence-electron chi connectivity index (χ0n) is 8.96. The van der Waals surface area contributed by atoms with Crippen LogP contribution in [0, 0.1) is 12.7 Å². The molecule has 1 rings (SSSR count). The predicted molar refractivity (Wildman–Crippen MR) is 61.8 cm³/mol. The van der Waals surface area contributed by atoms with Crippen LogP contribution < -0.4 is 5.32 Å². The SMILES string of the molecule is CNCC(O)CSc1ccc(F)cc1C. The number of hydrogen-bond donors (Lipinski definition) is 2. The standard InChI is InChI=1S/C11H16FNOS/c1-8-5-9(12)3-4-11(8)15-7-10(14)6-13-2/h3-5,10,13-14H,6-7H2,1-2H3. The van der Waals surface area contributed by atoms with E-state index in [0.29, 0.717) is 12.3 Å². The first-order chi connectivity index (χ1) is 7.13. The lowest BCUT2D eigenvalue weighted by Crippen LogP contribution is -2.25. The quantitative estimate of drug-likeness (QED) is 0.755. The number of aliphatic hydroxyl groups is 1. The lowest BCUT2D eigenvalue weighted by Gasteiger charge is -2.10. The van der Waals surface area contributed by atoms with Crippen LogP contribution >= 0.6 is 11.8 Å². The Bertz CT molecular complexity index is 319. The highest BCUT2D eigenvalue weighted by molar-refractivity contribution is 7.99. The molecule has 1 atom stereocenters. The molecule has 84 valence electrons. The third kappa shape index (κ3) is 4.20. The zero-order chi connectivity index (χ0) is 11.3. The first kappa shape index (κ1) is 12.5. The number of rotatable bonds is 5. The maximum atomic E-state index is 12.8. The van der Waals surface area contributed by atoms with E-state index in [2.05, 4.69) is 5.32 Å². The summed E-state index contributed by atoms with van der Waals surface area (Å²) < 4.78 is 12.8. The second-order valence-corrected chi connectivity index (χ2v) is 4.49. The monoisotopic (exact) mass is 229 g/mol. The van der Waals surface area contributed by atoms with Crippen LogP contribution in [0.5, 0.6) is 0 Å². The van der Waals surface area contributed by atoms with Gasteiger partial charge >= 0.3 is 0 Å². The van der Waals surface area contributed by atoms with Crippen molar-refractivity contribution in [1.82, 2.24) is 5.32 Å². The van der Waals surface area contributed by atoms with Gasteiger partial charge in [0.25, 0.3) is 0 Å². The molecule has 0 amide bonds. The summed E-state index contributed by atoms with van der Waals surface area (Å²) in [4.78, 5) is 1.02. The number of nitrogens with one attached hydrogen (secondary N) is 1. The summed E-state index contributed by atoms with van der Waals surface area (Å²) in [5.74, 6) is 0.403. The maximum absolute atomic E-state index is 12.8. The molecule has 2 N–H and O–H groups in total. The van der Waals surface area contributed by atoms with Crippen molar-refractivity contribution in [3.8, 4) is 0 Å². The number of halogens is 1. The highest BCUT2D eigenvalue weighted by Gasteiger charge is 2.05. The lowest BCUT2D eigenvalue weighted by molar-refractivity contribution is 0.199. The molecule has 0 bridgehead atoms. The molecule has 1 aromatic carbocycles. The van der Waals surface area contributed by atoms with Gasteiger partial charge in [-0.15, -0.1) is 11.8 Å². The molecule has 0 saturated heterocycles. The minimum atomic E-state index is -0.371. The molecule has 0 aliphatic heterocycles. The number of aliphatic hydroxyl groups excluding tert-OH is 1. The molecule has 15 heavy (non-hydrogen) atoms. The molecule has 0 aliphatic carbocycles. The molecule has 0 fully saturated rings. The van der Waals surface area contributed by atoms with Crippen LogP contribution in [-0.2, 0) is 0 Å². The van der Waals surface area contributed by atoms with E-state index in [0.717, 1.165) is 10.5 Å². The van der Waals surface area contributed by atoms with Gasteiger partial charge in [0.05, 0.1) is 6.10 Å². The third-order valence-electron chi connectivity index (χ3n) is 2.01. The summed E-state index contributed by atoms with van der Waals surface area (Å²) >= 11 is 1.55. The van der Waals surface area contributed by atoms with E-state index in [4.69, 9.17) is 0 Å². The molecule has 0 aliphatic rings. The van der Waals surface area contributed by atoms with Gasteiger partial charge < -0.3 is 10.4 Å². The molecule has 0 saturated carbocycles. The molecular formula is C11H16FNOS. The van der Waals surface area contributed by atoms with E-state index in [1.54, 1.807) is 24.9 Å². The van der Waals surface area contributed by atoms with E-state index in [1.165, 1.54) is 12.1 Å². The first-order valence-electron chi connectivity index (χ1n) is 4.85. The van der Waals surface area contributed by atoms with E-state index in [9.17, 15) is 9.50 Å². The summed E-state index contributed by atoms with van der Waals surface area (Å²) in [7, 11) is 1.80. The van der Waals surface area contributed by atoms with Crippen LogP contribution in [0.1, 0.15) is 5.56 Å². The van der Waals surface area contributed by atoms with E-state index in [-0.39, 0.29) is 11.9 Å². The Morgan fingerprint density at radius 3 is 2.87 bits per heavy atom. The second kappa shape index (κ2) is 6.10. The van der Waals surface area contributed by atoms with E-state index < -0.39 is 0 Å².